The average molecular weight is 342 g/mol. The van der Waals surface area contributed by atoms with Gasteiger partial charge in [0.25, 0.3) is 0 Å². The summed E-state index contributed by atoms with van der Waals surface area (Å²) in [5.41, 5.74) is 11.1. The van der Waals surface area contributed by atoms with Gasteiger partial charge in [-0.25, -0.2) is 0 Å². The second kappa shape index (κ2) is 7.83. The van der Waals surface area contributed by atoms with Crippen LogP contribution in [0, 0.1) is 20.8 Å². The maximum absolute atomic E-state index is 12.1. The summed E-state index contributed by atoms with van der Waals surface area (Å²) in [5, 5.41) is 7.64. The minimum atomic E-state index is -0.364. The Morgan fingerprint density at radius 1 is 1.20 bits per heavy atom. The van der Waals surface area contributed by atoms with E-state index in [1.165, 1.54) is 11.1 Å². The van der Waals surface area contributed by atoms with E-state index in [1.807, 2.05) is 25.5 Å². The quantitative estimate of drug-likeness (QED) is 0.812. The summed E-state index contributed by atoms with van der Waals surface area (Å²) in [6, 6.07) is 8.50. The van der Waals surface area contributed by atoms with Gasteiger partial charge >= 0.3 is 0 Å². The SMILES string of the molecule is Cc1ccc(Cn2nc(C)c(CCC(=O)NC(C)(C)CN)c2C)cc1. The van der Waals surface area contributed by atoms with Crippen LogP contribution < -0.4 is 11.1 Å². The molecule has 0 fully saturated rings. The number of aromatic nitrogens is 2. The van der Waals surface area contributed by atoms with Crippen molar-refractivity contribution in [1.82, 2.24) is 15.1 Å². The largest absolute Gasteiger partial charge is 0.350 e. The minimum Gasteiger partial charge on any atom is -0.350 e. The van der Waals surface area contributed by atoms with E-state index >= 15 is 0 Å². The van der Waals surface area contributed by atoms with Gasteiger partial charge in [0.2, 0.25) is 5.91 Å². The van der Waals surface area contributed by atoms with Gasteiger partial charge in [0.05, 0.1) is 12.2 Å². The summed E-state index contributed by atoms with van der Waals surface area (Å²) in [5.74, 6) is 0.0283. The molecular formula is C20H30N4O. The van der Waals surface area contributed by atoms with Crippen LogP contribution >= 0.6 is 0 Å². The molecule has 0 aliphatic rings. The van der Waals surface area contributed by atoms with E-state index in [2.05, 4.69) is 48.5 Å². The highest BCUT2D eigenvalue weighted by atomic mass is 16.1. The molecule has 136 valence electrons. The number of benzene rings is 1. The number of nitrogens with one attached hydrogen (secondary N) is 1. The first-order valence-electron chi connectivity index (χ1n) is 8.81. The van der Waals surface area contributed by atoms with E-state index in [0.29, 0.717) is 19.4 Å². The number of carbonyl (C=O) groups is 1. The molecule has 0 aliphatic carbocycles. The van der Waals surface area contributed by atoms with Gasteiger partial charge in [-0.05, 0) is 52.2 Å². The number of hydrogen-bond donors (Lipinski definition) is 2. The number of carbonyl (C=O) groups excluding carboxylic acids is 1. The fraction of sp³-hybridized carbons (Fsp3) is 0.500. The molecule has 25 heavy (non-hydrogen) atoms. The van der Waals surface area contributed by atoms with Crippen LogP contribution in [0.15, 0.2) is 24.3 Å². The Morgan fingerprint density at radius 3 is 2.44 bits per heavy atom. The summed E-state index contributed by atoms with van der Waals surface area (Å²) in [6.07, 6.45) is 1.14. The molecule has 2 rings (SSSR count). The Morgan fingerprint density at radius 2 is 1.84 bits per heavy atom. The molecule has 0 spiro atoms. The molecule has 0 unspecified atom stereocenters. The highest BCUT2D eigenvalue weighted by Crippen LogP contribution is 2.17. The van der Waals surface area contributed by atoms with E-state index in [9.17, 15) is 4.79 Å². The van der Waals surface area contributed by atoms with Crippen molar-refractivity contribution in [3.8, 4) is 0 Å². The van der Waals surface area contributed by atoms with Crippen LogP contribution in [0.2, 0.25) is 0 Å². The molecule has 0 radical (unpaired) electrons. The highest BCUT2D eigenvalue weighted by Gasteiger charge is 2.19. The van der Waals surface area contributed by atoms with Gasteiger partial charge in [-0.1, -0.05) is 29.8 Å². The molecular weight excluding hydrogens is 312 g/mol. The van der Waals surface area contributed by atoms with Crippen molar-refractivity contribution >= 4 is 5.91 Å². The first-order valence-corrected chi connectivity index (χ1v) is 8.81. The maximum Gasteiger partial charge on any atom is 0.220 e. The lowest BCUT2D eigenvalue weighted by molar-refractivity contribution is -0.122. The van der Waals surface area contributed by atoms with Gasteiger partial charge in [-0.3, -0.25) is 9.48 Å². The zero-order chi connectivity index (χ0) is 18.6. The number of aryl methyl sites for hydroxylation is 2. The van der Waals surface area contributed by atoms with Crippen molar-refractivity contribution in [2.75, 3.05) is 6.54 Å². The summed E-state index contributed by atoms with van der Waals surface area (Å²) < 4.78 is 2.02. The molecule has 0 bridgehead atoms. The monoisotopic (exact) mass is 342 g/mol. The highest BCUT2D eigenvalue weighted by molar-refractivity contribution is 5.77. The van der Waals surface area contributed by atoms with Gasteiger partial charge in [0.1, 0.15) is 0 Å². The molecule has 1 amide bonds. The molecule has 0 aliphatic heterocycles. The lowest BCUT2D eigenvalue weighted by atomic mass is 10.0. The van der Waals surface area contributed by atoms with Crippen molar-refractivity contribution in [3.05, 3.63) is 52.3 Å². The predicted octanol–water partition coefficient (Wildman–Crippen LogP) is 2.64. The lowest BCUT2D eigenvalue weighted by Gasteiger charge is -2.24. The molecule has 5 heteroatoms. The fourth-order valence-electron chi connectivity index (χ4n) is 2.85. The van der Waals surface area contributed by atoms with Gasteiger partial charge < -0.3 is 11.1 Å². The lowest BCUT2D eigenvalue weighted by Crippen LogP contribution is -2.48. The van der Waals surface area contributed by atoms with Crippen molar-refractivity contribution in [1.29, 1.82) is 0 Å². The Hall–Kier alpha value is -2.14. The average Bonchev–Trinajstić information content (AvgIpc) is 2.81. The van der Waals surface area contributed by atoms with Gasteiger partial charge in [0.15, 0.2) is 0 Å². The Labute approximate surface area is 150 Å². The zero-order valence-electron chi connectivity index (χ0n) is 16.0. The van der Waals surface area contributed by atoms with Gasteiger partial charge in [-0.2, -0.15) is 5.10 Å². The Kier molecular flexibility index (Phi) is 6.01. The van der Waals surface area contributed by atoms with E-state index < -0.39 is 0 Å². The topological polar surface area (TPSA) is 72.9 Å². The molecule has 1 aromatic heterocycles. The first-order chi connectivity index (χ1) is 11.7. The van der Waals surface area contributed by atoms with Crippen LogP contribution in [0.1, 0.15) is 48.3 Å². The molecule has 0 saturated heterocycles. The van der Waals surface area contributed by atoms with Gasteiger partial charge in [-0.15, -0.1) is 0 Å². The van der Waals surface area contributed by atoms with Crippen LogP contribution in [-0.2, 0) is 17.8 Å². The summed E-state index contributed by atoms with van der Waals surface area (Å²) >= 11 is 0. The summed E-state index contributed by atoms with van der Waals surface area (Å²) in [7, 11) is 0. The van der Waals surface area contributed by atoms with E-state index in [-0.39, 0.29) is 11.4 Å². The molecule has 2 aromatic rings. The minimum absolute atomic E-state index is 0.0283. The van der Waals surface area contributed by atoms with E-state index in [0.717, 1.165) is 23.5 Å². The second-order valence-corrected chi connectivity index (χ2v) is 7.43. The van der Waals surface area contributed by atoms with Crippen molar-refractivity contribution in [2.45, 2.75) is 59.5 Å². The normalized spacial score (nSPS) is 11.6. The summed E-state index contributed by atoms with van der Waals surface area (Å²) in [4.78, 5) is 12.1. The second-order valence-electron chi connectivity index (χ2n) is 7.43. The van der Waals surface area contributed by atoms with E-state index in [1.54, 1.807) is 0 Å². The molecule has 0 atom stereocenters. The smallest absolute Gasteiger partial charge is 0.220 e. The van der Waals surface area contributed by atoms with Crippen molar-refractivity contribution in [2.24, 2.45) is 5.73 Å². The number of rotatable bonds is 7. The zero-order valence-corrected chi connectivity index (χ0v) is 16.0. The third-order valence-corrected chi connectivity index (χ3v) is 4.57. The fourth-order valence-corrected chi connectivity index (χ4v) is 2.85. The predicted molar refractivity (Wildman–Crippen MR) is 102 cm³/mol. The van der Waals surface area contributed by atoms with E-state index in [4.69, 9.17) is 5.73 Å². The van der Waals surface area contributed by atoms with Crippen LogP contribution in [0.4, 0.5) is 0 Å². The Balaban J connectivity index is 2.04. The van der Waals surface area contributed by atoms with Crippen LogP contribution in [-0.4, -0.2) is 27.8 Å². The molecule has 0 saturated carbocycles. The van der Waals surface area contributed by atoms with Crippen LogP contribution in [0.3, 0.4) is 0 Å². The van der Waals surface area contributed by atoms with Crippen LogP contribution in [0.25, 0.3) is 0 Å². The standard InChI is InChI=1S/C20H30N4O/c1-14-6-8-17(9-7-14)12-24-16(3)18(15(2)23-24)10-11-19(25)22-20(4,5)13-21/h6-9H,10-13,21H2,1-5H3,(H,22,25). The number of hydrogen-bond acceptors (Lipinski definition) is 3. The number of amides is 1. The Bertz CT molecular complexity index is 729. The molecule has 1 aromatic carbocycles. The first kappa shape index (κ1) is 19.2. The number of nitrogens with two attached hydrogens (primary N) is 1. The van der Waals surface area contributed by atoms with Gasteiger partial charge in [0, 0.05) is 24.2 Å². The molecule has 1 heterocycles. The summed E-state index contributed by atoms with van der Waals surface area (Å²) in [6.45, 7) is 11.2. The third-order valence-electron chi connectivity index (χ3n) is 4.57. The maximum atomic E-state index is 12.1. The van der Waals surface area contributed by atoms with Crippen molar-refractivity contribution in [3.63, 3.8) is 0 Å². The van der Waals surface area contributed by atoms with Crippen molar-refractivity contribution < 1.29 is 4.79 Å². The molecule has 3 N–H and O–H groups in total. The molecule has 5 nitrogen and oxygen atoms in total. The van der Waals surface area contributed by atoms with Crippen LogP contribution in [0.5, 0.6) is 0 Å². The number of nitrogens with zero attached hydrogens (tertiary/aromatic N) is 2. The third kappa shape index (κ3) is 5.16.